The van der Waals surface area contributed by atoms with Crippen molar-refractivity contribution in [3.05, 3.63) is 53.7 Å². The molecular formula is C21H26N4O2. The van der Waals surface area contributed by atoms with Crippen LogP contribution in [0.2, 0.25) is 0 Å². The Bertz CT molecular complexity index is 773. The SMILES string of the molecule is O=C(NCCOc1ccc2c(c1)CCC2)N1CCN(c2ccccn2)CC1. The number of rotatable bonds is 5. The number of aryl methyl sites for hydroxylation is 2. The van der Waals surface area contributed by atoms with Crippen LogP contribution in [-0.4, -0.2) is 55.2 Å². The number of aromatic nitrogens is 1. The third-order valence-electron chi connectivity index (χ3n) is 5.26. The van der Waals surface area contributed by atoms with Gasteiger partial charge in [-0.05, 0) is 54.7 Å². The number of hydrogen-bond acceptors (Lipinski definition) is 4. The van der Waals surface area contributed by atoms with Crippen molar-refractivity contribution in [3.8, 4) is 5.75 Å². The van der Waals surface area contributed by atoms with Gasteiger partial charge in [-0.15, -0.1) is 0 Å². The monoisotopic (exact) mass is 366 g/mol. The number of urea groups is 1. The van der Waals surface area contributed by atoms with Gasteiger partial charge in [-0.2, -0.15) is 0 Å². The van der Waals surface area contributed by atoms with E-state index in [1.165, 1.54) is 24.0 Å². The Morgan fingerprint density at radius 2 is 1.93 bits per heavy atom. The van der Waals surface area contributed by atoms with Crippen LogP contribution in [0, 0.1) is 0 Å². The summed E-state index contributed by atoms with van der Waals surface area (Å²) in [7, 11) is 0. The van der Waals surface area contributed by atoms with Crippen molar-refractivity contribution in [3.63, 3.8) is 0 Å². The van der Waals surface area contributed by atoms with E-state index in [9.17, 15) is 4.79 Å². The number of carbonyl (C=O) groups is 1. The van der Waals surface area contributed by atoms with Crippen LogP contribution in [0.5, 0.6) is 5.75 Å². The summed E-state index contributed by atoms with van der Waals surface area (Å²) in [6, 6.07) is 12.2. The molecular weight excluding hydrogens is 340 g/mol. The Hall–Kier alpha value is -2.76. The summed E-state index contributed by atoms with van der Waals surface area (Å²) in [5.41, 5.74) is 2.85. The number of nitrogens with one attached hydrogen (secondary N) is 1. The number of carbonyl (C=O) groups excluding carboxylic acids is 1. The summed E-state index contributed by atoms with van der Waals surface area (Å²) < 4.78 is 5.79. The molecule has 1 aliphatic heterocycles. The second-order valence-corrected chi connectivity index (χ2v) is 7.03. The van der Waals surface area contributed by atoms with Crippen molar-refractivity contribution >= 4 is 11.8 Å². The predicted octanol–water partition coefficient (Wildman–Crippen LogP) is 2.48. The zero-order valence-electron chi connectivity index (χ0n) is 15.6. The third-order valence-corrected chi connectivity index (χ3v) is 5.26. The van der Waals surface area contributed by atoms with Crippen molar-refractivity contribution in [1.82, 2.24) is 15.2 Å². The minimum absolute atomic E-state index is 0.0202. The fraction of sp³-hybridized carbons (Fsp3) is 0.429. The number of fused-ring (bicyclic) bond motifs is 1. The van der Waals surface area contributed by atoms with E-state index in [1.54, 1.807) is 6.20 Å². The molecule has 1 aromatic carbocycles. The number of ether oxygens (including phenoxy) is 1. The standard InChI is InChI=1S/C21H26N4O2/c26-21(25-13-11-24(12-14-25)20-6-1-2-9-22-20)23-10-15-27-19-8-7-17-4-3-5-18(17)16-19/h1-2,6-9,16H,3-5,10-15H2,(H,23,26). The zero-order valence-corrected chi connectivity index (χ0v) is 15.6. The molecule has 1 fully saturated rings. The molecule has 4 rings (SSSR count). The fourth-order valence-corrected chi connectivity index (χ4v) is 3.76. The molecule has 0 saturated carbocycles. The smallest absolute Gasteiger partial charge is 0.317 e. The molecule has 1 aliphatic carbocycles. The lowest BCUT2D eigenvalue weighted by Gasteiger charge is -2.35. The lowest BCUT2D eigenvalue weighted by molar-refractivity contribution is 0.191. The maximum absolute atomic E-state index is 12.3. The van der Waals surface area contributed by atoms with Crippen LogP contribution in [0.4, 0.5) is 10.6 Å². The van der Waals surface area contributed by atoms with Crippen molar-refractivity contribution in [2.45, 2.75) is 19.3 Å². The number of nitrogens with zero attached hydrogens (tertiary/aromatic N) is 3. The maximum Gasteiger partial charge on any atom is 0.317 e. The van der Waals surface area contributed by atoms with Gasteiger partial charge in [0.25, 0.3) is 0 Å². The molecule has 0 atom stereocenters. The number of pyridine rings is 1. The van der Waals surface area contributed by atoms with Crippen LogP contribution in [0.15, 0.2) is 42.6 Å². The Morgan fingerprint density at radius 3 is 2.74 bits per heavy atom. The van der Waals surface area contributed by atoms with E-state index in [4.69, 9.17) is 4.74 Å². The van der Waals surface area contributed by atoms with Gasteiger partial charge in [0.1, 0.15) is 18.2 Å². The molecule has 2 aromatic rings. The number of anilines is 1. The lowest BCUT2D eigenvalue weighted by Crippen LogP contribution is -2.52. The van der Waals surface area contributed by atoms with E-state index < -0.39 is 0 Å². The highest BCUT2D eigenvalue weighted by Gasteiger charge is 2.21. The Labute approximate surface area is 160 Å². The number of piperazine rings is 1. The summed E-state index contributed by atoms with van der Waals surface area (Å²) in [6.07, 6.45) is 5.37. The van der Waals surface area contributed by atoms with Crippen LogP contribution in [0.3, 0.4) is 0 Å². The van der Waals surface area contributed by atoms with Gasteiger partial charge in [-0.1, -0.05) is 12.1 Å². The van der Waals surface area contributed by atoms with Gasteiger partial charge in [0.15, 0.2) is 0 Å². The van der Waals surface area contributed by atoms with E-state index in [1.807, 2.05) is 29.2 Å². The molecule has 0 unspecified atom stereocenters. The molecule has 1 aromatic heterocycles. The third kappa shape index (κ3) is 4.32. The molecule has 1 N–H and O–H groups in total. The highest BCUT2D eigenvalue weighted by molar-refractivity contribution is 5.74. The zero-order chi connectivity index (χ0) is 18.5. The lowest BCUT2D eigenvalue weighted by atomic mass is 10.1. The van der Waals surface area contributed by atoms with Crippen molar-refractivity contribution in [2.24, 2.45) is 0 Å². The molecule has 0 spiro atoms. The van der Waals surface area contributed by atoms with E-state index in [-0.39, 0.29) is 6.03 Å². The molecule has 2 heterocycles. The highest BCUT2D eigenvalue weighted by Crippen LogP contribution is 2.25. The van der Waals surface area contributed by atoms with Crippen molar-refractivity contribution in [2.75, 3.05) is 44.2 Å². The predicted molar refractivity (Wildman–Crippen MR) is 105 cm³/mol. The summed E-state index contributed by atoms with van der Waals surface area (Å²) in [5.74, 6) is 1.87. The largest absolute Gasteiger partial charge is 0.492 e. The summed E-state index contributed by atoms with van der Waals surface area (Å²) >= 11 is 0. The average molecular weight is 366 g/mol. The normalized spacial score (nSPS) is 16.1. The summed E-state index contributed by atoms with van der Waals surface area (Å²) in [4.78, 5) is 20.8. The van der Waals surface area contributed by atoms with Crippen LogP contribution < -0.4 is 15.0 Å². The van der Waals surface area contributed by atoms with E-state index in [0.717, 1.165) is 31.1 Å². The van der Waals surface area contributed by atoms with E-state index in [2.05, 4.69) is 27.3 Å². The topological polar surface area (TPSA) is 57.7 Å². The Kier molecular flexibility index (Phi) is 5.42. The molecule has 27 heavy (non-hydrogen) atoms. The molecule has 2 amide bonds. The first-order chi connectivity index (χ1) is 13.3. The van der Waals surface area contributed by atoms with Crippen molar-refractivity contribution in [1.29, 1.82) is 0 Å². The first-order valence-corrected chi connectivity index (χ1v) is 9.73. The number of hydrogen-bond donors (Lipinski definition) is 1. The van der Waals surface area contributed by atoms with Crippen LogP contribution in [-0.2, 0) is 12.8 Å². The fourth-order valence-electron chi connectivity index (χ4n) is 3.76. The minimum atomic E-state index is -0.0202. The first kappa shape index (κ1) is 17.6. The van der Waals surface area contributed by atoms with Gasteiger partial charge in [-0.25, -0.2) is 9.78 Å². The second-order valence-electron chi connectivity index (χ2n) is 7.03. The summed E-state index contributed by atoms with van der Waals surface area (Å²) in [5, 5.41) is 2.96. The molecule has 142 valence electrons. The first-order valence-electron chi connectivity index (χ1n) is 9.73. The van der Waals surface area contributed by atoms with E-state index >= 15 is 0 Å². The van der Waals surface area contributed by atoms with Crippen molar-refractivity contribution < 1.29 is 9.53 Å². The van der Waals surface area contributed by atoms with Crippen LogP contribution >= 0.6 is 0 Å². The molecule has 6 nitrogen and oxygen atoms in total. The van der Waals surface area contributed by atoms with Gasteiger partial charge in [-0.3, -0.25) is 0 Å². The molecule has 0 bridgehead atoms. The van der Waals surface area contributed by atoms with Crippen LogP contribution in [0.25, 0.3) is 0 Å². The Morgan fingerprint density at radius 1 is 1.07 bits per heavy atom. The Balaban J connectivity index is 1.17. The molecule has 6 heteroatoms. The van der Waals surface area contributed by atoms with Gasteiger partial charge in [0.05, 0.1) is 6.54 Å². The average Bonchev–Trinajstić information content (AvgIpc) is 3.20. The van der Waals surface area contributed by atoms with Gasteiger partial charge in [0.2, 0.25) is 0 Å². The number of benzene rings is 1. The van der Waals surface area contributed by atoms with Gasteiger partial charge < -0.3 is 19.9 Å². The quantitative estimate of drug-likeness (QED) is 0.826. The molecule has 0 radical (unpaired) electrons. The minimum Gasteiger partial charge on any atom is -0.492 e. The maximum atomic E-state index is 12.3. The number of amides is 2. The van der Waals surface area contributed by atoms with E-state index in [0.29, 0.717) is 26.2 Å². The van der Waals surface area contributed by atoms with Gasteiger partial charge in [0, 0.05) is 32.4 Å². The highest BCUT2D eigenvalue weighted by atomic mass is 16.5. The van der Waals surface area contributed by atoms with Crippen LogP contribution in [0.1, 0.15) is 17.5 Å². The molecule has 2 aliphatic rings. The summed E-state index contributed by atoms with van der Waals surface area (Å²) in [6.45, 7) is 4.00. The second kappa shape index (κ2) is 8.29. The molecule has 1 saturated heterocycles. The van der Waals surface area contributed by atoms with Gasteiger partial charge >= 0.3 is 6.03 Å².